The van der Waals surface area contributed by atoms with Crippen LogP contribution in [0.2, 0.25) is 0 Å². The van der Waals surface area contributed by atoms with Gasteiger partial charge in [-0.15, -0.1) is 0 Å². The van der Waals surface area contributed by atoms with Gasteiger partial charge in [-0.25, -0.2) is 4.79 Å². The first-order valence-corrected chi connectivity index (χ1v) is 12.7. The van der Waals surface area contributed by atoms with Gasteiger partial charge in [0, 0.05) is 24.5 Å². The van der Waals surface area contributed by atoms with Crippen molar-refractivity contribution >= 4 is 52.2 Å². The van der Waals surface area contributed by atoms with Gasteiger partial charge in [0.1, 0.15) is 6.54 Å². The zero-order valence-corrected chi connectivity index (χ0v) is 21.5. The Morgan fingerprint density at radius 1 is 1.08 bits per heavy atom. The molecule has 2 N–H and O–H groups in total. The minimum Gasteiger partial charge on any atom is -0.490 e. The molecule has 2 aromatic carbocycles. The molecule has 0 aliphatic carbocycles. The number of hydrogen-bond acceptors (Lipinski definition) is 9. The van der Waals surface area contributed by atoms with Crippen molar-refractivity contribution in [2.45, 2.75) is 6.92 Å². The lowest BCUT2D eigenvalue weighted by atomic mass is 10.2. The van der Waals surface area contributed by atoms with Crippen molar-refractivity contribution in [2.75, 3.05) is 56.3 Å². The molecule has 4 rings (SSSR count). The molecule has 38 heavy (non-hydrogen) atoms. The molecule has 0 unspecified atom stereocenters. The van der Waals surface area contributed by atoms with Gasteiger partial charge >= 0.3 is 5.97 Å². The highest BCUT2D eigenvalue weighted by Crippen LogP contribution is 2.34. The van der Waals surface area contributed by atoms with Gasteiger partial charge in [-0.05, 0) is 66.7 Å². The Labute approximate surface area is 223 Å². The predicted molar refractivity (Wildman–Crippen MR) is 142 cm³/mol. The lowest BCUT2D eigenvalue weighted by molar-refractivity contribution is -0.139. The monoisotopic (exact) mass is 541 g/mol. The molecule has 2 aromatic rings. The zero-order chi connectivity index (χ0) is 27.1. The lowest BCUT2D eigenvalue weighted by Crippen LogP contribution is -2.36. The van der Waals surface area contributed by atoms with E-state index in [0.29, 0.717) is 36.8 Å². The number of morpholine rings is 1. The average molecular weight is 542 g/mol. The largest absolute Gasteiger partial charge is 0.490 e. The molecule has 0 atom stereocenters. The van der Waals surface area contributed by atoms with Gasteiger partial charge in [0.25, 0.3) is 11.1 Å². The third-order valence-electron chi connectivity index (χ3n) is 5.62. The first-order chi connectivity index (χ1) is 18.3. The molecule has 200 valence electrons. The Bertz CT molecular complexity index is 1240. The second-order valence-electron chi connectivity index (χ2n) is 8.28. The van der Waals surface area contributed by atoms with Gasteiger partial charge in [-0.3, -0.25) is 19.3 Å². The van der Waals surface area contributed by atoms with Crippen LogP contribution in [0, 0.1) is 0 Å². The second kappa shape index (κ2) is 12.5. The van der Waals surface area contributed by atoms with E-state index in [-0.39, 0.29) is 10.7 Å². The molecule has 0 bridgehead atoms. The molecule has 2 aliphatic heterocycles. The van der Waals surface area contributed by atoms with E-state index in [1.165, 1.54) is 12.1 Å². The van der Waals surface area contributed by atoms with Crippen LogP contribution >= 0.6 is 11.8 Å². The van der Waals surface area contributed by atoms with Crippen molar-refractivity contribution in [2.24, 2.45) is 0 Å². The highest BCUT2D eigenvalue weighted by Gasteiger charge is 2.36. The zero-order valence-electron chi connectivity index (χ0n) is 20.7. The van der Waals surface area contributed by atoms with E-state index >= 15 is 0 Å². The number of carbonyl (C=O) groups excluding carboxylic acids is 3. The summed E-state index contributed by atoms with van der Waals surface area (Å²) in [5.41, 5.74) is 2.13. The number of amides is 3. The third kappa shape index (κ3) is 6.84. The topological polar surface area (TPSA) is 135 Å². The maximum absolute atomic E-state index is 12.9. The fourth-order valence-electron chi connectivity index (χ4n) is 3.85. The molecule has 0 aromatic heterocycles. The molecule has 0 radical (unpaired) electrons. The van der Waals surface area contributed by atoms with E-state index in [1.807, 2.05) is 12.1 Å². The summed E-state index contributed by atoms with van der Waals surface area (Å²) in [5.74, 6) is -1.65. The molecule has 11 nitrogen and oxygen atoms in total. The van der Waals surface area contributed by atoms with Crippen molar-refractivity contribution in [3.05, 3.63) is 52.9 Å². The number of ether oxygens (including phenoxy) is 3. The van der Waals surface area contributed by atoms with Gasteiger partial charge in [0.2, 0.25) is 5.91 Å². The number of nitrogens with zero attached hydrogens (tertiary/aromatic N) is 2. The summed E-state index contributed by atoms with van der Waals surface area (Å²) < 4.78 is 16.1. The fourth-order valence-corrected chi connectivity index (χ4v) is 4.69. The number of carboxylic acids is 1. The smallest absolute Gasteiger partial charge is 0.341 e. The Hall–Kier alpha value is -4.03. The Kier molecular flexibility index (Phi) is 8.87. The summed E-state index contributed by atoms with van der Waals surface area (Å²) in [5, 5.41) is 11.0. The number of nitrogens with one attached hydrogen (secondary N) is 1. The van der Waals surface area contributed by atoms with Crippen LogP contribution in [0.1, 0.15) is 12.5 Å². The Morgan fingerprint density at radius 3 is 2.50 bits per heavy atom. The SMILES string of the molecule is CCOc1cc(/C=C2/SC(=O)N(CC(=O)Nc3ccc(N4CCOCC4)cc3)C2=O)ccc1OCC(=O)O. The van der Waals surface area contributed by atoms with Crippen LogP contribution < -0.4 is 19.7 Å². The van der Waals surface area contributed by atoms with Crippen LogP contribution in [0.5, 0.6) is 11.5 Å². The van der Waals surface area contributed by atoms with Crippen LogP contribution in [0.4, 0.5) is 16.2 Å². The van der Waals surface area contributed by atoms with E-state index in [0.717, 1.165) is 35.4 Å². The van der Waals surface area contributed by atoms with E-state index in [9.17, 15) is 19.2 Å². The first-order valence-electron chi connectivity index (χ1n) is 11.9. The standard InChI is InChI=1S/C26H27N3O8S/c1-2-36-21-13-17(3-8-20(21)37-16-24(31)32)14-22-25(33)29(26(34)38-22)15-23(30)27-18-4-6-19(7-5-18)28-9-11-35-12-10-28/h3-8,13-14H,2,9-12,15-16H2,1H3,(H,27,30)(H,31,32)/b22-14+. The van der Waals surface area contributed by atoms with Crippen molar-refractivity contribution < 1.29 is 38.5 Å². The molecule has 2 saturated heterocycles. The van der Waals surface area contributed by atoms with Crippen LogP contribution in [-0.2, 0) is 19.1 Å². The van der Waals surface area contributed by atoms with Crippen LogP contribution in [-0.4, -0.2) is 79.1 Å². The van der Waals surface area contributed by atoms with Crippen LogP contribution in [0.25, 0.3) is 6.08 Å². The van der Waals surface area contributed by atoms with Gasteiger partial charge in [0.05, 0.1) is 24.7 Å². The second-order valence-corrected chi connectivity index (χ2v) is 9.28. The van der Waals surface area contributed by atoms with Gasteiger partial charge < -0.3 is 29.5 Å². The molecular weight excluding hydrogens is 514 g/mol. The summed E-state index contributed by atoms with van der Waals surface area (Å²) in [4.78, 5) is 52.0. The van der Waals surface area contributed by atoms with E-state index in [2.05, 4.69) is 10.2 Å². The number of benzene rings is 2. The van der Waals surface area contributed by atoms with Crippen molar-refractivity contribution in [1.29, 1.82) is 0 Å². The van der Waals surface area contributed by atoms with E-state index in [1.54, 1.807) is 31.2 Å². The molecule has 2 aliphatic rings. The van der Waals surface area contributed by atoms with Crippen molar-refractivity contribution in [3.8, 4) is 11.5 Å². The summed E-state index contributed by atoms with van der Waals surface area (Å²) in [7, 11) is 0. The van der Waals surface area contributed by atoms with Gasteiger partial charge in [-0.1, -0.05) is 6.07 Å². The minimum atomic E-state index is -1.13. The maximum Gasteiger partial charge on any atom is 0.341 e. The van der Waals surface area contributed by atoms with Crippen LogP contribution in [0.15, 0.2) is 47.4 Å². The molecule has 12 heteroatoms. The summed E-state index contributed by atoms with van der Waals surface area (Å²) in [6.45, 7) is 4.08. The van der Waals surface area contributed by atoms with Crippen molar-refractivity contribution in [1.82, 2.24) is 4.90 Å². The van der Waals surface area contributed by atoms with Crippen LogP contribution in [0.3, 0.4) is 0 Å². The number of carbonyl (C=O) groups is 4. The van der Waals surface area contributed by atoms with E-state index in [4.69, 9.17) is 19.3 Å². The number of rotatable bonds is 10. The average Bonchev–Trinajstić information content (AvgIpc) is 3.16. The molecule has 3 amide bonds. The molecule has 0 spiro atoms. The molecule has 2 fully saturated rings. The van der Waals surface area contributed by atoms with Crippen molar-refractivity contribution in [3.63, 3.8) is 0 Å². The molecule has 0 saturated carbocycles. The first kappa shape index (κ1) is 27.0. The summed E-state index contributed by atoms with van der Waals surface area (Å²) in [6, 6.07) is 12.1. The minimum absolute atomic E-state index is 0.152. The fraction of sp³-hybridized carbons (Fsp3) is 0.308. The Balaban J connectivity index is 1.38. The number of thioether (sulfide) groups is 1. The maximum atomic E-state index is 12.9. The highest BCUT2D eigenvalue weighted by molar-refractivity contribution is 8.18. The molecular formula is C26H27N3O8S. The normalized spacial score (nSPS) is 16.6. The molecule has 2 heterocycles. The Morgan fingerprint density at radius 2 is 1.82 bits per heavy atom. The number of carboxylic acid groups (broad SMARTS) is 1. The third-order valence-corrected chi connectivity index (χ3v) is 6.53. The number of hydrogen-bond donors (Lipinski definition) is 2. The predicted octanol–water partition coefficient (Wildman–Crippen LogP) is 3.06. The van der Waals surface area contributed by atoms with Gasteiger partial charge in [-0.2, -0.15) is 0 Å². The van der Waals surface area contributed by atoms with Gasteiger partial charge in [0.15, 0.2) is 18.1 Å². The highest BCUT2D eigenvalue weighted by atomic mass is 32.2. The quantitative estimate of drug-likeness (QED) is 0.432. The lowest BCUT2D eigenvalue weighted by Gasteiger charge is -2.28. The number of aliphatic carboxylic acids is 1. The number of imide groups is 1. The summed E-state index contributed by atoms with van der Waals surface area (Å²) in [6.07, 6.45) is 1.51. The van der Waals surface area contributed by atoms with E-state index < -0.39 is 36.2 Å². The number of anilines is 2. The summed E-state index contributed by atoms with van der Waals surface area (Å²) >= 11 is 0.733.